The molecular formula is C16H19BrN2S. The number of thioether (sulfide) groups is 1. The van der Waals surface area contributed by atoms with E-state index in [2.05, 4.69) is 57.4 Å². The predicted octanol–water partition coefficient (Wildman–Crippen LogP) is 4.16. The van der Waals surface area contributed by atoms with Crippen LogP contribution in [0.3, 0.4) is 0 Å². The van der Waals surface area contributed by atoms with Crippen molar-refractivity contribution in [3.05, 3.63) is 58.8 Å². The Hall–Kier alpha value is -0.840. The number of pyridine rings is 1. The van der Waals surface area contributed by atoms with Crippen LogP contribution in [0.2, 0.25) is 0 Å². The number of hydrogen-bond donors (Lipinski definition) is 1. The fraction of sp³-hybridized carbons (Fsp3) is 0.312. The van der Waals surface area contributed by atoms with Crippen molar-refractivity contribution in [1.82, 2.24) is 10.3 Å². The Bertz CT molecular complexity index is 519. The van der Waals surface area contributed by atoms with Crippen LogP contribution in [0.1, 0.15) is 12.6 Å². The van der Waals surface area contributed by atoms with Crippen LogP contribution in [0, 0.1) is 0 Å². The van der Waals surface area contributed by atoms with E-state index in [0.717, 1.165) is 28.9 Å². The maximum Gasteiger partial charge on any atom is 0.0419 e. The number of nitrogens with one attached hydrogen (secondary N) is 1. The lowest BCUT2D eigenvalue weighted by Gasteiger charge is -2.17. The van der Waals surface area contributed by atoms with Crippen molar-refractivity contribution in [3.8, 4) is 0 Å². The third kappa shape index (κ3) is 4.93. The van der Waals surface area contributed by atoms with Crippen LogP contribution in [0.25, 0.3) is 0 Å². The highest BCUT2D eigenvalue weighted by Crippen LogP contribution is 2.27. The van der Waals surface area contributed by atoms with Gasteiger partial charge in [-0.05, 0) is 46.7 Å². The summed E-state index contributed by atoms with van der Waals surface area (Å²) in [7, 11) is 0. The fourth-order valence-electron chi connectivity index (χ4n) is 2.00. The number of rotatable bonds is 7. The highest BCUT2D eigenvalue weighted by Gasteiger charge is 2.10. The maximum absolute atomic E-state index is 4.41. The summed E-state index contributed by atoms with van der Waals surface area (Å²) in [6.45, 7) is 3.13. The number of benzene rings is 1. The number of halogens is 1. The van der Waals surface area contributed by atoms with E-state index < -0.39 is 0 Å². The second-order valence-electron chi connectivity index (χ2n) is 4.52. The Morgan fingerprint density at radius 3 is 2.70 bits per heavy atom. The van der Waals surface area contributed by atoms with E-state index in [1.54, 1.807) is 0 Å². The molecule has 20 heavy (non-hydrogen) atoms. The van der Waals surface area contributed by atoms with Crippen LogP contribution in [0.4, 0.5) is 0 Å². The van der Waals surface area contributed by atoms with Crippen LogP contribution < -0.4 is 5.32 Å². The third-order valence-corrected chi connectivity index (χ3v) is 5.14. The Morgan fingerprint density at radius 1 is 1.20 bits per heavy atom. The molecule has 2 nitrogen and oxygen atoms in total. The fourth-order valence-corrected chi connectivity index (χ4v) is 3.63. The van der Waals surface area contributed by atoms with Gasteiger partial charge in [0.1, 0.15) is 0 Å². The summed E-state index contributed by atoms with van der Waals surface area (Å²) in [5, 5.41) is 3.54. The van der Waals surface area contributed by atoms with Crippen molar-refractivity contribution in [3.63, 3.8) is 0 Å². The molecule has 4 heteroatoms. The predicted molar refractivity (Wildman–Crippen MR) is 90.3 cm³/mol. The Balaban J connectivity index is 1.94. The van der Waals surface area contributed by atoms with E-state index in [9.17, 15) is 0 Å². The van der Waals surface area contributed by atoms with E-state index in [4.69, 9.17) is 0 Å². The molecule has 0 aliphatic heterocycles. The SMILES string of the molecule is CCNC(CSc1ccccc1Br)Cc1ccccn1. The molecule has 0 aliphatic carbocycles. The molecule has 0 saturated carbocycles. The molecular weight excluding hydrogens is 332 g/mol. The number of likely N-dealkylation sites (N-methyl/N-ethyl adjacent to an activating group) is 1. The molecule has 1 aromatic heterocycles. The van der Waals surface area contributed by atoms with E-state index in [-0.39, 0.29) is 0 Å². The van der Waals surface area contributed by atoms with Crippen molar-refractivity contribution >= 4 is 27.7 Å². The molecule has 0 saturated heterocycles. The molecule has 2 rings (SSSR count). The molecule has 2 aromatic rings. The van der Waals surface area contributed by atoms with E-state index in [0.29, 0.717) is 6.04 Å². The largest absolute Gasteiger partial charge is 0.313 e. The Kier molecular flexibility index (Phi) is 6.57. The van der Waals surface area contributed by atoms with E-state index in [1.165, 1.54) is 4.90 Å². The van der Waals surface area contributed by atoms with Crippen molar-refractivity contribution < 1.29 is 0 Å². The Labute approximate surface area is 133 Å². The van der Waals surface area contributed by atoms with Gasteiger partial charge in [0.2, 0.25) is 0 Å². The van der Waals surface area contributed by atoms with Gasteiger partial charge in [0, 0.05) is 39.5 Å². The first-order valence-electron chi connectivity index (χ1n) is 6.80. The summed E-state index contributed by atoms with van der Waals surface area (Å²) in [6.07, 6.45) is 2.82. The second kappa shape index (κ2) is 8.45. The summed E-state index contributed by atoms with van der Waals surface area (Å²) in [5.41, 5.74) is 1.14. The lowest BCUT2D eigenvalue weighted by Crippen LogP contribution is -2.33. The topological polar surface area (TPSA) is 24.9 Å². The van der Waals surface area contributed by atoms with Gasteiger partial charge in [0.05, 0.1) is 0 Å². The zero-order valence-electron chi connectivity index (χ0n) is 11.6. The summed E-state index contributed by atoms with van der Waals surface area (Å²) < 4.78 is 1.16. The number of aromatic nitrogens is 1. The van der Waals surface area contributed by atoms with Gasteiger partial charge in [-0.1, -0.05) is 25.1 Å². The minimum atomic E-state index is 0.437. The molecule has 1 atom stereocenters. The highest BCUT2D eigenvalue weighted by molar-refractivity contribution is 9.10. The van der Waals surface area contributed by atoms with E-state index in [1.807, 2.05) is 36.2 Å². The molecule has 1 unspecified atom stereocenters. The van der Waals surface area contributed by atoms with Gasteiger partial charge in [0.25, 0.3) is 0 Å². The third-order valence-electron chi connectivity index (χ3n) is 2.95. The van der Waals surface area contributed by atoms with Crippen LogP contribution in [-0.4, -0.2) is 23.3 Å². The lowest BCUT2D eigenvalue weighted by atomic mass is 10.1. The first-order chi connectivity index (χ1) is 9.79. The quantitative estimate of drug-likeness (QED) is 0.759. The van der Waals surface area contributed by atoms with Gasteiger partial charge in [-0.2, -0.15) is 0 Å². The van der Waals surface area contributed by atoms with Gasteiger partial charge >= 0.3 is 0 Å². The number of nitrogens with zero attached hydrogens (tertiary/aromatic N) is 1. The summed E-state index contributed by atoms with van der Waals surface area (Å²) in [6, 6.07) is 14.9. The normalized spacial score (nSPS) is 12.3. The van der Waals surface area contributed by atoms with Crippen LogP contribution in [0.5, 0.6) is 0 Å². The average Bonchev–Trinajstić information content (AvgIpc) is 2.47. The highest BCUT2D eigenvalue weighted by atomic mass is 79.9. The summed E-state index contributed by atoms with van der Waals surface area (Å²) in [5.74, 6) is 1.03. The first-order valence-corrected chi connectivity index (χ1v) is 8.58. The van der Waals surface area contributed by atoms with Crippen molar-refractivity contribution in [2.24, 2.45) is 0 Å². The average molecular weight is 351 g/mol. The summed E-state index contributed by atoms with van der Waals surface area (Å²) in [4.78, 5) is 5.70. The van der Waals surface area contributed by atoms with Crippen LogP contribution >= 0.6 is 27.7 Å². The maximum atomic E-state index is 4.41. The molecule has 0 radical (unpaired) electrons. The molecule has 1 heterocycles. The standard InChI is InChI=1S/C16H19BrN2S/c1-2-18-14(11-13-7-5-6-10-19-13)12-20-16-9-4-3-8-15(16)17/h3-10,14,18H,2,11-12H2,1H3. The van der Waals surface area contributed by atoms with Gasteiger partial charge in [0.15, 0.2) is 0 Å². The number of hydrogen-bond acceptors (Lipinski definition) is 3. The van der Waals surface area contributed by atoms with Gasteiger partial charge in [-0.25, -0.2) is 0 Å². The molecule has 0 aliphatic rings. The monoisotopic (exact) mass is 350 g/mol. The van der Waals surface area contributed by atoms with Crippen LogP contribution in [0.15, 0.2) is 58.0 Å². The zero-order chi connectivity index (χ0) is 14.2. The zero-order valence-corrected chi connectivity index (χ0v) is 14.0. The van der Waals surface area contributed by atoms with Crippen LogP contribution in [-0.2, 0) is 6.42 Å². The molecule has 0 fully saturated rings. The molecule has 0 spiro atoms. The van der Waals surface area contributed by atoms with Crippen molar-refractivity contribution in [2.75, 3.05) is 12.3 Å². The second-order valence-corrected chi connectivity index (χ2v) is 6.44. The minimum absolute atomic E-state index is 0.437. The summed E-state index contributed by atoms with van der Waals surface area (Å²) >= 11 is 5.48. The molecule has 1 N–H and O–H groups in total. The molecule has 0 bridgehead atoms. The van der Waals surface area contributed by atoms with Crippen molar-refractivity contribution in [2.45, 2.75) is 24.3 Å². The first kappa shape index (κ1) is 15.5. The van der Waals surface area contributed by atoms with Gasteiger partial charge in [-0.3, -0.25) is 4.98 Å². The molecule has 106 valence electrons. The molecule has 0 amide bonds. The van der Waals surface area contributed by atoms with Crippen molar-refractivity contribution in [1.29, 1.82) is 0 Å². The van der Waals surface area contributed by atoms with Gasteiger partial charge in [-0.15, -0.1) is 11.8 Å². The molecule has 1 aromatic carbocycles. The smallest absolute Gasteiger partial charge is 0.0419 e. The van der Waals surface area contributed by atoms with E-state index >= 15 is 0 Å². The minimum Gasteiger partial charge on any atom is -0.313 e. The Morgan fingerprint density at radius 2 is 2.00 bits per heavy atom. The lowest BCUT2D eigenvalue weighted by molar-refractivity contribution is 0.566. The van der Waals surface area contributed by atoms with Gasteiger partial charge < -0.3 is 5.32 Å².